The number of nitrogens with zero attached hydrogens (tertiary/aromatic N) is 2. The molecule has 0 bridgehead atoms. The number of rotatable bonds is 6. The van der Waals surface area contributed by atoms with Crippen LogP contribution in [0, 0.1) is 22.7 Å². The summed E-state index contributed by atoms with van der Waals surface area (Å²) in [7, 11) is 0. The molecule has 1 unspecified atom stereocenters. The Morgan fingerprint density at radius 2 is 2.08 bits per heavy atom. The number of ether oxygens (including phenoxy) is 1. The molecule has 0 aliphatic rings. The number of hydrogen-bond donors (Lipinski definition) is 1. The highest BCUT2D eigenvalue weighted by Gasteiger charge is 2.32. The maximum absolute atomic E-state index is 12.7. The summed E-state index contributed by atoms with van der Waals surface area (Å²) in [5.41, 5.74) is -2.52. The summed E-state index contributed by atoms with van der Waals surface area (Å²) in [5.74, 6) is -3.43. The zero-order valence-corrected chi connectivity index (χ0v) is 13.4. The summed E-state index contributed by atoms with van der Waals surface area (Å²) in [6, 6.07) is 1.98. The zero-order valence-electron chi connectivity index (χ0n) is 12.7. The third-order valence-electron chi connectivity index (χ3n) is 2.93. The van der Waals surface area contributed by atoms with Gasteiger partial charge in [-0.1, -0.05) is 11.6 Å². The van der Waals surface area contributed by atoms with Crippen molar-refractivity contribution in [3.63, 3.8) is 0 Å². The number of nitriles is 1. The summed E-state index contributed by atoms with van der Waals surface area (Å²) < 4.78 is 43.0. The first-order chi connectivity index (χ1) is 11.5. The van der Waals surface area contributed by atoms with Crippen molar-refractivity contribution in [3.8, 4) is 6.07 Å². The van der Waals surface area contributed by atoms with Crippen molar-refractivity contribution in [2.24, 2.45) is 5.92 Å². The molecule has 7 nitrogen and oxygen atoms in total. The Balaban J connectivity index is 2.87. The summed E-state index contributed by atoms with van der Waals surface area (Å²) >= 11 is 5.43. The van der Waals surface area contributed by atoms with Crippen LogP contribution in [0.15, 0.2) is 17.1 Å². The van der Waals surface area contributed by atoms with Gasteiger partial charge >= 0.3 is 12.1 Å². The van der Waals surface area contributed by atoms with Gasteiger partial charge in [0, 0.05) is 11.9 Å². The molecule has 0 aliphatic carbocycles. The summed E-state index contributed by atoms with van der Waals surface area (Å²) in [6.07, 6.45) is -4.38. The Labute approximate surface area is 144 Å². The summed E-state index contributed by atoms with van der Waals surface area (Å²) in [5, 5.41) is 15.2. The highest BCUT2D eigenvalue weighted by molar-refractivity contribution is 6.30. The van der Waals surface area contributed by atoms with E-state index in [1.165, 1.54) is 6.92 Å². The molecule has 0 amide bonds. The van der Waals surface area contributed by atoms with Crippen LogP contribution in [0.25, 0.3) is 0 Å². The number of nitrogens with one attached hydrogen (secondary N) is 1. The lowest BCUT2D eigenvalue weighted by molar-refractivity contribution is -0.149. The normalized spacial score (nSPS) is 12.2. The van der Waals surface area contributed by atoms with Gasteiger partial charge in [-0.2, -0.15) is 18.4 Å². The second-order valence-corrected chi connectivity index (χ2v) is 5.29. The lowest BCUT2D eigenvalue weighted by Gasteiger charge is -2.12. The van der Waals surface area contributed by atoms with Crippen molar-refractivity contribution in [1.29, 1.82) is 10.7 Å². The Hall–Kier alpha value is -2.67. The number of alkyl halides is 3. The third-order valence-corrected chi connectivity index (χ3v) is 3.20. The van der Waals surface area contributed by atoms with Gasteiger partial charge in [0.2, 0.25) is 0 Å². The second-order valence-electron chi connectivity index (χ2n) is 4.88. The minimum Gasteiger partial charge on any atom is -0.456 e. The van der Waals surface area contributed by atoms with Crippen molar-refractivity contribution >= 4 is 29.1 Å². The van der Waals surface area contributed by atoms with Crippen LogP contribution in [0.2, 0.25) is 5.02 Å². The van der Waals surface area contributed by atoms with E-state index in [1.54, 1.807) is 6.07 Å². The predicted molar refractivity (Wildman–Crippen MR) is 79.2 cm³/mol. The first-order valence-electron chi connectivity index (χ1n) is 6.57. The largest absolute Gasteiger partial charge is 0.456 e. The molecule has 25 heavy (non-hydrogen) atoms. The molecule has 1 aromatic heterocycles. The monoisotopic (exact) mass is 377 g/mol. The van der Waals surface area contributed by atoms with Gasteiger partial charge in [0.1, 0.15) is 17.5 Å². The summed E-state index contributed by atoms with van der Waals surface area (Å²) in [6.45, 7) is -0.539. The minimum atomic E-state index is -4.78. The molecule has 0 fully saturated rings. The number of carbonyl (C=O) groups is 2. The van der Waals surface area contributed by atoms with Crippen LogP contribution >= 0.6 is 11.6 Å². The fraction of sp³-hybridized carbons (Fsp3) is 0.357. The van der Waals surface area contributed by atoms with Crippen LogP contribution in [0.4, 0.5) is 13.2 Å². The third kappa shape index (κ3) is 5.42. The maximum atomic E-state index is 12.7. The van der Waals surface area contributed by atoms with Gasteiger partial charge in [0.25, 0.3) is 5.56 Å². The standard InChI is InChI=1S/C14H11ClF3N3O4/c1-7(20)9(3-19)11(22)6-25-12(23)5-21-4-8(14(16,17)18)2-10(15)13(21)24/h2,4,9,20H,5-6H2,1H3. The van der Waals surface area contributed by atoms with Crippen molar-refractivity contribution in [1.82, 2.24) is 4.57 Å². The molecule has 1 heterocycles. The Kier molecular flexibility index (Phi) is 6.47. The molecule has 1 aromatic rings. The highest BCUT2D eigenvalue weighted by atomic mass is 35.5. The average molecular weight is 378 g/mol. The topological polar surface area (TPSA) is 113 Å². The molecule has 0 aromatic carbocycles. The maximum Gasteiger partial charge on any atom is 0.417 e. The average Bonchev–Trinajstić information content (AvgIpc) is 2.48. The fourth-order valence-corrected chi connectivity index (χ4v) is 1.93. The van der Waals surface area contributed by atoms with E-state index in [9.17, 15) is 27.6 Å². The van der Waals surface area contributed by atoms with Gasteiger partial charge in [-0.25, -0.2) is 0 Å². The van der Waals surface area contributed by atoms with E-state index < -0.39 is 53.1 Å². The summed E-state index contributed by atoms with van der Waals surface area (Å²) in [4.78, 5) is 34.9. The number of Topliss-reactive ketones (excluding diaryl/α,β-unsaturated/α-hetero) is 1. The number of aromatic nitrogens is 1. The molecule has 1 atom stereocenters. The molecule has 0 saturated carbocycles. The van der Waals surface area contributed by atoms with E-state index in [0.717, 1.165) is 0 Å². The Morgan fingerprint density at radius 1 is 1.48 bits per heavy atom. The van der Waals surface area contributed by atoms with Crippen LogP contribution in [-0.2, 0) is 27.0 Å². The number of ketones is 1. The lowest BCUT2D eigenvalue weighted by Crippen LogP contribution is -2.30. The van der Waals surface area contributed by atoms with Crippen molar-refractivity contribution in [2.75, 3.05) is 6.61 Å². The van der Waals surface area contributed by atoms with E-state index >= 15 is 0 Å². The minimum absolute atomic E-state index is 0.246. The van der Waals surface area contributed by atoms with Gasteiger partial charge < -0.3 is 14.7 Å². The van der Waals surface area contributed by atoms with Crippen LogP contribution in [0.1, 0.15) is 12.5 Å². The molecule has 0 aliphatic heterocycles. The van der Waals surface area contributed by atoms with Gasteiger partial charge in [0.15, 0.2) is 12.4 Å². The number of halogens is 4. The molecular weight excluding hydrogens is 367 g/mol. The first-order valence-corrected chi connectivity index (χ1v) is 6.95. The molecule has 0 saturated heterocycles. The van der Waals surface area contributed by atoms with Crippen molar-refractivity contribution < 1.29 is 27.5 Å². The molecule has 0 radical (unpaired) electrons. The van der Waals surface area contributed by atoms with E-state index in [1.807, 2.05) is 0 Å². The number of hydrogen-bond acceptors (Lipinski definition) is 6. The lowest BCUT2D eigenvalue weighted by atomic mass is 10.0. The smallest absolute Gasteiger partial charge is 0.417 e. The molecule has 0 spiro atoms. The zero-order chi connectivity index (χ0) is 19.4. The van der Waals surface area contributed by atoms with Gasteiger partial charge in [-0.05, 0) is 13.0 Å². The van der Waals surface area contributed by atoms with Crippen LogP contribution in [-0.4, -0.2) is 28.6 Å². The molecule has 1 rings (SSSR count). The number of esters is 1. The van der Waals surface area contributed by atoms with E-state index in [-0.39, 0.29) is 5.71 Å². The molecular formula is C14H11ClF3N3O4. The van der Waals surface area contributed by atoms with Gasteiger partial charge in [-0.3, -0.25) is 14.4 Å². The van der Waals surface area contributed by atoms with Gasteiger partial charge in [0.05, 0.1) is 11.6 Å². The van der Waals surface area contributed by atoms with Gasteiger partial charge in [-0.15, -0.1) is 0 Å². The highest BCUT2D eigenvalue weighted by Crippen LogP contribution is 2.29. The molecule has 1 N–H and O–H groups in total. The second kappa shape index (κ2) is 7.94. The number of carbonyl (C=O) groups excluding carboxylic acids is 2. The van der Waals surface area contributed by atoms with E-state index in [4.69, 9.17) is 22.3 Å². The molecule has 134 valence electrons. The quantitative estimate of drug-likeness (QED) is 0.600. The van der Waals surface area contributed by atoms with E-state index in [0.29, 0.717) is 16.8 Å². The molecule has 11 heteroatoms. The SMILES string of the molecule is CC(=N)C(C#N)C(=O)COC(=O)Cn1cc(C(F)(F)F)cc(Cl)c1=O. The first kappa shape index (κ1) is 20.4. The fourth-order valence-electron chi connectivity index (χ4n) is 1.70. The predicted octanol–water partition coefficient (Wildman–Crippen LogP) is 1.81. The van der Waals surface area contributed by atoms with Crippen molar-refractivity contribution in [2.45, 2.75) is 19.6 Å². The number of pyridine rings is 1. The Morgan fingerprint density at radius 3 is 2.56 bits per heavy atom. The van der Waals surface area contributed by atoms with Crippen LogP contribution in [0.5, 0.6) is 0 Å². The van der Waals surface area contributed by atoms with Crippen LogP contribution in [0.3, 0.4) is 0 Å². The Bertz CT molecular complexity index is 811. The van der Waals surface area contributed by atoms with Crippen LogP contribution < -0.4 is 5.56 Å². The van der Waals surface area contributed by atoms with E-state index in [2.05, 4.69) is 4.74 Å². The van der Waals surface area contributed by atoms with Crippen molar-refractivity contribution in [3.05, 3.63) is 33.2 Å².